The van der Waals surface area contributed by atoms with Gasteiger partial charge in [-0.1, -0.05) is 0 Å². The van der Waals surface area contributed by atoms with Crippen molar-refractivity contribution in [3.05, 3.63) is 22.7 Å². The molecule has 1 aliphatic carbocycles. The molecule has 1 aromatic heterocycles. The molecule has 1 heterocycles. The smallest absolute Gasteiger partial charge is 0.135 e. The summed E-state index contributed by atoms with van der Waals surface area (Å²) in [6, 6.07) is 0. The van der Waals surface area contributed by atoms with Crippen LogP contribution >= 0.6 is 15.9 Å². The largest absolute Gasteiger partial charge is 0.393 e. The Morgan fingerprint density at radius 3 is 2.44 bits per heavy atom. The van der Waals surface area contributed by atoms with Crippen LogP contribution in [0.2, 0.25) is 0 Å². The van der Waals surface area contributed by atoms with Crippen LogP contribution in [0.15, 0.2) is 16.9 Å². The van der Waals surface area contributed by atoms with Crippen molar-refractivity contribution in [2.24, 2.45) is 5.73 Å². The summed E-state index contributed by atoms with van der Waals surface area (Å²) in [5, 5.41) is 9.54. The second kappa shape index (κ2) is 4.77. The number of hydrogen-bond acceptors (Lipinski definition) is 4. The van der Waals surface area contributed by atoms with Crippen LogP contribution in [0.5, 0.6) is 0 Å². The molecule has 0 amide bonds. The molecule has 0 spiro atoms. The van der Waals surface area contributed by atoms with Gasteiger partial charge in [0.2, 0.25) is 0 Å². The Balaban J connectivity index is 2.24. The van der Waals surface area contributed by atoms with E-state index >= 15 is 0 Å². The summed E-state index contributed by atoms with van der Waals surface area (Å²) < 4.78 is 0.874. The molecule has 2 rings (SSSR count). The zero-order valence-corrected chi connectivity index (χ0v) is 10.7. The quantitative estimate of drug-likeness (QED) is 0.861. The van der Waals surface area contributed by atoms with Gasteiger partial charge in [-0.15, -0.1) is 0 Å². The Morgan fingerprint density at radius 1 is 1.38 bits per heavy atom. The number of nitrogens with zero attached hydrogens (tertiary/aromatic N) is 2. The highest BCUT2D eigenvalue weighted by Gasteiger charge is 2.37. The molecule has 0 saturated heterocycles. The molecule has 1 aromatic rings. The molecule has 1 aliphatic rings. The number of aliphatic hydroxyl groups excluding tert-OH is 1. The van der Waals surface area contributed by atoms with E-state index in [9.17, 15) is 5.11 Å². The maximum atomic E-state index is 9.54. The molecular weight excluding hydrogens is 270 g/mol. The summed E-state index contributed by atoms with van der Waals surface area (Å²) in [5.41, 5.74) is 5.74. The normalized spacial score (nSPS) is 30.3. The summed E-state index contributed by atoms with van der Waals surface area (Å²) in [4.78, 5) is 8.70. The van der Waals surface area contributed by atoms with E-state index in [0.29, 0.717) is 6.54 Å². The van der Waals surface area contributed by atoms with E-state index in [1.165, 1.54) is 0 Å². The fourth-order valence-corrected chi connectivity index (χ4v) is 2.47. The van der Waals surface area contributed by atoms with Gasteiger partial charge in [0.15, 0.2) is 0 Å². The van der Waals surface area contributed by atoms with Crippen molar-refractivity contribution in [3.63, 3.8) is 0 Å². The van der Waals surface area contributed by atoms with E-state index < -0.39 is 0 Å². The molecule has 1 saturated carbocycles. The van der Waals surface area contributed by atoms with Crippen LogP contribution in [-0.2, 0) is 5.41 Å². The molecule has 3 N–H and O–H groups in total. The van der Waals surface area contributed by atoms with Gasteiger partial charge in [-0.25, -0.2) is 9.97 Å². The van der Waals surface area contributed by atoms with Crippen LogP contribution in [0, 0.1) is 0 Å². The fourth-order valence-electron chi connectivity index (χ4n) is 2.26. The lowest BCUT2D eigenvalue weighted by Crippen LogP contribution is -2.41. The molecule has 16 heavy (non-hydrogen) atoms. The Kier molecular flexibility index (Phi) is 3.56. The van der Waals surface area contributed by atoms with Gasteiger partial charge in [0.05, 0.1) is 10.6 Å². The minimum atomic E-state index is -0.185. The first-order valence-electron chi connectivity index (χ1n) is 5.52. The highest BCUT2D eigenvalue weighted by Crippen LogP contribution is 2.36. The van der Waals surface area contributed by atoms with Crippen LogP contribution < -0.4 is 5.73 Å². The highest BCUT2D eigenvalue weighted by molar-refractivity contribution is 9.10. The molecule has 88 valence electrons. The number of hydrogen-bond donors (Lipinski definition) is 2. The topological polar surface area (TPSA) is 72.0 Å². The van der Waals surface area contributed by atoms with E-state index in [4.69, 9.17) is 5.73 Å². The zero-order chi connectivity index (χ0) is 11.6. The third-order valence-electron chi connectivity index (χ3n) is 3.40. The lowest BCUT2D eigenvalue weighted by molar-refractivity contribution is 0.0947. The van der Waals surface area contributed by atoms with Crippen molar-refractivity contribution < 1.29 is 5.11 Å². The van der Waals surface area contributed by atoms with Crippen molar-refractivity contribution in [2.75, 3.05) is 6.54 Å². The minimum Gasteiger partial charge on any atom is -0.393 e. The number of aliphatic hydroxyl groups is 1. The van der Waals surface area contributed by atoms with Gasteiger partial charge in [-0.3, -0.25) is 0 Å². The third kappa shape index (κ3) is 2.26. The monoisotopic (exact) mass is 285 g/mol. The van der Waals surface area contributed by atoms with Gasteiger partial charge in [0, 0.05) is 24.4 Å². The summed E-state index contributed by atoms with van der Waals surface area (Å²) in [7, 11) is 0. The first kappa shape index (κ1) is 12.0. The second-order valence-electron chi connectivity index (χ2n) is 4.44. The Hall–Kier alpha value is -0.520. The molecular formula is C11H16BrN3O. The van der Waals surface area contributed by atoms with Crippen LogP contribution in [0.25, 0.3) is 0 Å². The minimum absolute atomic E-state index is 0.139. The van der Waals surface area contributed by atoms with Crippen LogP contribution in [0.1, 0.15) is 31.5 Å². The van der Waals surface area contributed by atoms with Crippen molar-refractivity contribution in [2.45, 2.75) is 37.2 Å². The maximum Gasteiger partial charge on any atom is 0.135 e. The Bertz CT molecular complexity index is 347. The van der Waals surface area contributed by atoms with Crippen molar-refractivity contribution in [1.82, 2.24) is 9.97 Å². The number of nitrogens with two attached hydrogens (primary N) is 1. The van der Waals surface area contributed by atoms with E-state index in [1.807, 2.05) is 0 Å². The number of rotatable bonds is 2. The summed E-state index contributed by atoms with van der Waals surface area (Å²) >= 11 is 3.32. The second-order valence-corrected chi connectivity index (χ2v) is 5.36. The van der Waals surface area contributed by atoms with Crippen molar-refractivity contribution >= 4 is 15.9 Å². The van der Waals surface area contributed by atoms with E-state index in [1.54, 1.807) is 12.4 Å². The van der Waals surface area contributed by atoms with Gasteiger partial charge >= 0.3 is 0 Å². The van der Waals surface area contributed by atoms with E-state index in [0.717, 1.165) is 36.0 Å². The number of halogens is 1. The van der Waals surface area contributed by atoms with Gasteiger partial charge in [0.1, 0.15) is 5.82 Å². The first-order valence-corrected chi connectivity index (χ1v) is 6.32. The SMILES string of the molecule is NCC1(c2ncc(Br)cn2)CCC(O)CC1. The predicted molar refractivity (Wildman–Crippen MR) is 64.9 cm³/mol. The molecule has 0 bridgehead atoms. The highest BCUT2D eigenvalue weighted by atomic mass is 79.9. The molecule has 0 unspecified atom stereocenters. The van der Waals surface area contributed by atoms with Gasteiger partial charge in [0.25, 0.3) is 0 Å². The average molecular weight is 286 g/mol. The molecule has 0 aliphatic heterocycles. The van der Waals surface area contributed by atoms with Gasteiger partial charge in [-0.2, -0.15) is 0 Å². The van der Waals surface area contributed by atoms with E-state index in [-0.39, 0.29) is 11.5 Å². The lowest BCUT2D eigenvalue weighted by atomic mass is 9.72. The lowest BCUT2D eigenvalue weighted by Gasteiger charge is -2.36. The van der Waals surface area contributed by atoms with Gasteiger partial charge < -0.3 is 10.8 Å². The Labute approximate surface area is 103 Å². The predicted octanol–water partition coefficient (Wildman–Crippen LogP) is 1.37. The Morgan fingerprint density at radius 2 is 1.94 bits per heavy atom. The third-order valence-corrected chi connectivity index (χ3v) is 3.81. The van der Waals surface area contributed by atoms with Crippen LogP contribution in [0.3, 0.4) is 0 Å². The summed E-state index contributed by atoms with van der Waals surface area (Å²) in [5.74, 6) is 0.810. The molecule has 1 fully saturated rings. The number of aromatic nitrogens is 2. The first-order chi connectivity index (χ1) is 7.66. The summed E-state index contributed by atoms with van der Waals surface area (Å²) in [6.07, 6.45) is 6.64. The zero-order valence-electron chi connectivity index (χ0n) is 9.06. The summed E-state index contributed by atoms with van der Waals surface area (Å²) in [6.45, 7) is 0.543. The standard InChI is InChI=1S/C11H16BrN3O/c12-8-5-14-10(15-6-8)11(7-13)3-1-9(16)2-4-11/h5-6,9,16H,1-4,7,13H2. The molecule has 5 heteroatoms. The molecule has 4 nitrogen and oxygen atoms in total. The average Bonchev–Trinajstić information content (AvgIpc) is 2.32. The molecule has 0 aromatic carbocycles. The fraction of sp³-hybridized carbons (Fsp3) is 0.636. The van der Waals surface area contributed by atoms with E-state index in [2.05, 4.69) is 25.9 Å². The van der Waals surface area contributed by atoms with Crippen molar-refractivity contribution in [1.29, 1.82) is 0 Å². The van der Waals surface area contributed by atoms with Gasteiger partial charge in [-0.05, 0) is 41.6 Å². The van der Waals surface area contributed by atoms with Crippen LogP contribution in [-0.4, -0.2) is 27.7 Å². The van der Waals surface area contributed by atoms with Crippen LogP contribution in [0.4, 0.5) is 0 Å². The molecule has 0 atom stereocenters. The maximum absolute atomic E-state index is 9.54. The molecule has 0 radical (unpaired) electrons. The van der Waals surface area contributed by atoms with Crippen molar-refractivity contribution in [3.8, 4) is 0 Å².